The standard InChI is InChI=1S/C59H96N4O25/c1-46-55(69)56(70)57(71)59(88-46)86-43-42-75-18-15-61-52(65)12-17-73-20-22-76-24-26-78-28-30-80-32-34-82-36-38-84-40-41-85-39-37-83-35-33-81-31-29-79-27-25-77-23-21-74-19-16-62-53(66)45-87-50-10-8-47(9-11-50)48-4-2-5-49(44-48)58(72)63-14-13-60-51(64)6-3-7-54(67)68/h2,4-5,8-11,44,46,55-57,59,69-71H,3,6-7,12-43,45H2,1H3,(H,60,64)(H,61,65)(H,62,66)(H,63,72)(H,67,68)/t46-,55-,56+,57+,59+/m0/s1. The second kappa shape index (κ2) is 52.6. The summed E-state index contributed by atoms with van der Waals surface area (Å²) in [7, 11) is 0. The van der Waals surface area contributed by atoms with E-state index in [0.717, 1.165) is 11.1 Å². The van der Waals surface area contributed by atoms with Gasteiger partial charge in [0, 0.05) is 51.0 Å². The molecule has 1 saturated heterocycles. The van der Waals surface area contributed by atoms with E-state index in [-0.39, 0.29) is 95.4 Å². The summed E-state index contributed by atoms with van der Waals surface area (Å²) in [6, 6.07) is 14.2. The Bertz CT molecular complexity index is 2100. The molecule has 2 aromatic carbocycles. The molecule has 0 bridgehead atoms. The number of carboxylic acids is 1. The molecule has 0 saturated carbocycles. The Morgan fingerprint density at radius 3 is 1.31 bits per heavy atom. The number of carbonyl (C=O) groups excluding carboxylic acids is 4. The van der Waals surface area contributed by atoms with Crippen LogP contribution in [0.3, 0.4) is 0 Å². The van der Waals surface area contributed by atoms with E-state index < -0.39 is 36.7 Å². The van der Waals surface area contributed by atoms with Gasteiger partial charge in [-0.3, -0.25) is 24.0 Å². The first-order valence-corrected chi connectivity index (χ1v) is 29.9. The van der Waals surface area contributed by atoms with E-state index >= 15 is 0 Å². The largest absolute Gasteiger partial charge is 0.484 e. The number of benzene rings is 2. The van der Waals surface area contributed by atoms with E-state index in [0.29, 0.717) is 176 Å². The topological polar surface area (TPSA) is 362 Å². The number of nitrogens with one attached hydrogen (secondary N) is 4. The molecule has 3 rings (SSSR count). The van der Waals surface area contributed by atoms with Crippen molar-refractivity contribution in [3.63, 3.8) is 0 Å². The number of hydrogen-bond acceptors (Lipinski definition) is 24. The van der Waals surface area contributed by atoms with Gasteiger partial charge >= 0.3 is 5.97 Å². The zero-order valence-electron chi connectivity index (χ0n) is 50.8. The van der Waals surface area contributed by atoms with Gasteiger partial charge in [0.1, 0.15) is 24.1 Å². The molecule has 1 heterocycles. The number of aliphatic hydroxyl groups excluding tert-OH is 3. The van der Waals surface area contributed by atoms with Crippen LogP contribution in [0, 0.1) is 0 Å². The first-order chi connectivity index (χ1) is 42.9. The Balaban J connectivity index is 0.940. The fraction of sp³-hybridized carbons (Fsp3) is 0.712. The molecule has 1 fully saturated rings. The molecule has 0 spiro atoms. The van der Waals surface area contributed by atoms with Crippen LogP contribution in [0.4, 0.5) is 0 Å². The van der Waals surface area contributed by atoms with Crippen LogP contribution in [0.2, 0.25) is 0 Å². The van der Waals surface area contributed by atoms with Crippen LogP contribution in [0.1, 0.15) is 43.0 Å². The molecule has 2 aromatic rings. The smallest absolute Gasteiger partial charge is 0.303 e. The zero-order valence-corrected chi connectivity index (χ0v) is 50.8. The molecule has 29 nitrogen and oxygen atoms in total. The molecule has 29 heteroatoms. The van der Waals surface area contributed by atoms with Gasteiger partial charge in [0.05, 0.1) is 184 Å². The number of carboxylic acid groups (broad SMARTS) is 1. The summed E-state index contributed by atoms with van der Waals surface area (Å²) < 4.78 is 87.8. The van der Waals surface area contributed by atoms with Crippen molar-refractivity contribution in [2.75, 3.05) is 211 Å². The number of aliphatic carboxylic acids is 1. The average Bonchev–Trinajstić information content (AvgIpc) is 3.13. The lowest BCUT2D eigenvalue weighted by atomic mass is 10.0. The van der Waals surface area contributed by atoms with Crippen molar-refractivity contribution in [1.29, 1.82) is 0 Å². The third-order valence-electron chi connectivity index (χ3n) is 12.2. The molecule has 0 aromatic heterocycles. The lowest BCUT2D eigenvalue weighted by molar-refractivity contribution is -0.294. The molecule has 502 valence electrons. The minimum absolute atomic E-state index is 0.0735. The van der Waals surface area contributed by atoms with E-state index in [1.165, 1.54) is 0 Å². The predicted molar refractivity (Wildman–Crippen MR) is 314 cm³/mol. The fourth-order valence-corrected chi connectivity index (χ4v) is 7.53. The second-order valence-corrected chi connectivity index (χ2v) is 19.2. The number of aliphatic hydroxyl groups is 3. The van der Waals surface area contributed by atoms with Crippen molar-refractivity contribution in [2.45, 2.75) is 63.3 Å². The van der Waals surface area contributed by atoms with Gasteiger partial charge in [-0.1, -0.05) is 24.3 Å². The van der Waals surface area contributed by atoms with E-state index in [9.17, 15) is 39.3 Å². The molecule has 88 heavy (non-hydrogen) atoms. The molecule has 1 aliphatic rings. The van der Waals surface area contributed by atoms with Crippen molar-refractivity contribution < 1.29 is 120 Å². The lowest BCUT2D eigenvalue weighted by Gasteiger charge is -2.38. The molecule has 4 amide bonds. The van der Waals surface area contributed by atoms with Crippen LogP contribution in [0.25, 0.3) is 11.1 Å². The van der Waals surface area contributed by atoms with Crippen LogP contribution in [-0.4, -0.2) is 292 Å². The van der Waals surface area contributed by atoms with Gasteiger partial charge < -0.3 is 117 Å². The number of amides is 4. The number of hydrogen-bond donors (Lipinski definition) is 8. The highest BCUT2D eigenvalue weighted by Gasteiger charge is 2.42. The van der Waals surface area contributed by atoms with Crippen molar-refractivity contribution >= 4 is 29.6 Å². The maximum absolute atomic E-state index is 12.7. The van der Waals surface area contributed by atoms with Gasteiger partial charge in [0.15, 0.2) is 12.9 Å². The van der Waals surface area contributed by atoms with Crippen LogP contribution in [0.15, 0.2) is 48.5 Å². The molecule has 8 N–H and O–H groups in total. The van der Waals surface area contributed by atoms with Crippen molar-refractivity contribution in [3.05, 3.63) is 54.1 Å². The molecule has 0 unspecified atom stereocenters. The van der Waals surface area contributed by atoms with Crippen molar-refractivity contribution in [2.24, 2.45) is 0 Å². The Kier molecular flexibility index (Phi) is 46.1. The molecular weight excluding hydrogens is 1160 g/mol. The lowest BCUT2D eigenvalue weighted by Crippen LogP contribution is -2.57. The van der Waals surface area contributed by atoms with Crippen LogP contribution in [0.5, 0.6) is 5.75 Å². The van der Waals surface area contributed by atoms with E-state index in [1.54, 1.807) is 37.3 Å². The summed E-state index contributed by atoms with van der Waals surface area (Å²) in [5.74, 6) is -1.47. The van der Waals surface area contributed by atoms with E-state index in [4.69, 9.17) is 80.9 Å². The highest BCUT2D eigenvalue weighted by molar-refractivity contribution is 5.95. The number of rotatable bonds is 58. The molecule has 1 aliphatic heterocycles. The SMILES string of the molecule is C[C@@H]1O[C@@H](OCCOCCNC(=O)CCOCCOCCOCCOCCOCCOCCOCCOCCOCCOCCOCCOCCNC(=O)COc2ccc(-c3cccc(C(=O)NCCNC(=O)CCCC(=O)O)c3)cc2)[C@H](O)[C@H](O)[C@H]1O. The molecule has 5 atom stereocenters. The second-order valence-electron chi connectivity index (χ2n) is 19.2. The molecule has 0 radical (unpaired) electrons. The molecular formula is C59H96N4O25. The van der Waals surface area contributed by atoms with Gasteiger partial charge in [-0.2, -0.15) is 0 Å². The fourth-order valence-electron chi connectivity index (χ4n) is 7.53. The number of ether oxygens (including phenoxy) is 16. The summed E-state index contributed by atoms with van der Waals surface area (Å²) >= 11 is 0. The molecule has 0 aliphatic carbocycles. The average molecular weight is 1260 g/mol. The van der Waals surface area contributed by atoms with Gasteiger partial charge in [-0.25, -0.2) is 0 Å². The monoisotopic (exact) mass is 1260 g/mol. The number of carbonyl (C=O) groups is 5. The highest BCUT2D eigenvalue weighted by atomic mass is 16.7. The summed E-state index contributed by atoms with van der Waals surface area (Å²) in [5.41, 5.74) is 2.11. The first-order valence-electron chi connectivity index (χ1n) is 29.9. The highest BCUT2D eigenvalue weighted by Crippen LogP contribution is 2.24. The first kappa shape index (κ1) is 77.1. The Morgan fingerprint density at radius 2 is 0.830 bits per heavy atom. The van der Waals surface area contributed by atoms with Crippen LogP contribution in [-0.2, 0) is 90.2 Å². The van der Waals surface area contributed by atoms with Gasteiger partial charge in [0.2, 0.25) is 11.8 Å². The third-order valence-corrected chi connectivity index (χ3v) is 12.2. The minimum Gasteiger partial charge on any atom is -0.484 e. The quantitative estimate of drug-likeness (QED) is 0.0388. The third kappa shape index (κ3) is 40.5. The Labute approximate surface area is 515 Å². The summed E-state index contributed by atoms with van der Waals surface area (Å²) in [4.78, 5) is 59.3. The van der Waals surface area contributed by atoms with Crippen LogP contribution < -0.4 is 26.0 Å². The maximum Gasteiger partial charge on any atom is 0.303 e. The van der Waals surface area contributed by atoms with E-state index in [1.807, 2.05) is 18.2 Å². The summed E-state index contributed by atoms with van der Waals surface area (Å²) in [6.07, 6.45) is -5.18. The van der Waals surface area contributed by atoms with E-state index in [2.05, 4.69) is 21.3 Å². The van der Waals surface area contributed by atoms with Gasteiger partial charge in [-0.15, -0.1) is 0 Å². The summed E-state index contributed by atoms with van der Waals surface area (Å²) in [5, 5.41) is 49.1. The van der Waals surface area contributed by atoms with Gasteiger partial charge in [0.25, 0.3) is 11.8 Å². The van der Waals surface area contributed by atoms with Crippen molar-refractivity contribution in [3.8, 4) is 16.9 Å². The van der Waals surface area contributed by atoms with Crippen molar-refractivity contribution in [1.82, 2.24) is 21.3 Å². The Hall–Kier alpha value is -5.13. The maximum atomic E-state index is 12.7. The van der Waals surface area contributed by atoms with Crippen LogP contribution >= 0.6 is 0 Å². The Morgan fingerprint density at radius 1 is 0.420 bits per heavy atom. The van der Waals surface area contributed by atoms with Gasteiger partial charge in [-0.05, 0) is 48.7 Å². The minimum atomic E-state index is -1.37. The summed E-state index contributed by atoms with van der Waals surface area (Å²) in [6.45, 7) is 12.9. The zero-order chi connectivity index (χ0) is 63.3. The predicted octanol–water partition coefficient (Wildman–Crippen LogP) is -0.484. The normalized spacial score (nSPS) is 16.5.